The Bertz CT molecular complexity index is 388. The normalized spacial score (nSPS) is 18.3. The van der Waals surface area contributed by atoms with Gasteiger partial charge in [0.15, 0.2) is 0 Å². The number of alkyl halides is 1. The molecule has 1 aromatic rings. The molecule has 1 heterocycles. The molecule has 4 heteroatoms. The van der Waals surface area contributed by atoms with Gasteiger partial charge in [0.05, 0.1) is 0 Å². The number of hydrogen-bond acceptors (Lipinski definition) is 2. The fourth-order valence-corrected chi connectivity index (χ4v) is 2.53. The number of hydrogen-bond donors (Lipinski definition) is 1. The maximum Gasteiger partial charge on any atom is 0.234 e. The van der Waals surface area contributed by atoms with E-state index in [0.29, 0.717) is 6.54 Å². The third kappa shape index (κ3) is 3.03. The number of carbonyl (C=O) groups is 1. The van der Waals surface area contributed by atoms with Gasteiger partial charge >= 0.3 is 0 Å². The first-order valence-electron chi connectivity index (χ1n) is 6.23. The maximum absolute atomic E-state index is 11.4. The van der Waals surface area contributed by atoms with Crippen molar-refractivity contribution in [3.63, 3.8) is 0 Å². The van der Waals surface area contributed by atoms with Gasteiger partial charge in [-0.1, -0.05) is 30.3 Å². The molecule has 1 amide bonds. The van der Waals surface area contributed by atoms with Gasteiger partial charge in [-0.3, -0.25) is 4.79 Å². The Kier molecular flexibility index (Phi) is 4.61. The standard InChI is InChI=1S/C14H18ClNO2/c15-10-13(17)16-11-14(6-8-18-9-7-14)12-4-2-1-3-5-12/h1-5H,6-11H2,(H,16,17). The van der Waals surface area contributed by atoms with Gasteiger partial charge in [-0.05, 0) is 18.4 Å². The summed E-state index contributed by atoms with van der Waals surface area (Å²) in [6.07, 6.45) is 1.86. The first-order valence-corrected chi connectivity index (χ1v) is 6.76. The van der Waals surface area contributed by atoms with Crippen LogP contribution in [-0.2, 0) is 14.9 Å². The van der Waals surface area contributed by atoms with Gasteiger partial charge in [0.2, 0.25) is 5.91 Å². The van der Waals surface area contributed by atoms with Gasteiger partial charge < -0.3 is 10.1 Å². The minimum absolute atomic E-state index is 0.0127. The van der Waals surface area contributed by atoms with Crippen molar-refractivity contribution in [1.82, 2.24) is 5.32 Å². The molecule has 1 aliphatic rings. The van der Waals surface area contributed by atoms with E-state index in [4.69, 9.17) is 16.3 Å². The first-order chi connectivity index (χ1) is 8.77. The summed E-state index contributed by atoms with van der Waals surface area (Å²) in [5.41, 5.74) is 1.25. The zero-order chi connectivity index (χ0) is 12.8. The van der Waals surface area contributed by atoms with Crippen molar-refractivity contribution in [3.8, 4) is 0 Å². The van der Waals surface area contributed by atoms with E-state index in [-0.39, 0.29) is 17.2 Å². The highest BCUT2D eigenvalue weighted by Crippen LogP contribution is 2.34. The van der Waals surface area contributed by atoms with Gasteiger partial charge in [0, 0.05) is 25.2 Å². The van der Waals surface area contributed by atoms with Gasteiger partial charge in [-0.2, -0.15) is 0 Å². The summed E-state index contributed by atoms with van der Waals surface area (Å²) in [6.45, 7) is 2.11. The Morgan fingerprint density at radius 3 is 2.56 bits per heavy atom. The minimum atomic E-state index is -0.113. The molecular formula is C14H18ClNO2. The maximum atomic E-state index is 11.4. The van der Waals surface area contributed by atoms with E-state index < -0.39 is 0 Å². The van der Waals surface area contributed by atoms with Gasteiger partial charge in [-0.25, -0.2) is 0 Å². The van der Waals surface area contributed by atoms with Crippen LogP contribution in [0, 0.1) is 0 Å². The molecule has 0 unspecified atom stereocenters. The quantitative estimate of drug-likeness (QED) is 0.849. The van der Waals surface area contributed by atoms with Crippen molar-refractivity contribution in [3.05, 3.63) is 35.9 Å². The second-order valence-electron chi connectivity index (χ2n) is 4.67. The molecule has 0 aromatic heterocycles. The molecule has 2 rings (SSSR count). The summed E-state index contributed by atoms with van der Waals surface area (Å²) in [5, 5.41) is 2.91. The lowest BCUT2D eigenvalue weighted by Crippen LogP contribution is -2.44. The summed E-state index contributed by atoms with van der Waals surface area (Å²) in [6, 6.07) is 10.3. The molecule has 18 heavy (non-hydrogen) atoms. The molecule has 1 aromatic carbocycles. The lowest BCUT2D eigenvalue weighted by Gasteiger charge is -2.37. The molecular weight excluding hydrogens is 250 g/mol. The predicted octanol–water partition coefficient (Wildman–Crippen LogP) is 2.09. The number of halogens is 1. The van der Waals surface area contributed by atoms with E-state index >= 15 is 0 Å². The number of carbonyl (C=O) groups excluding carboxylic acids is 1. The zero-order valence-corrected chi connectivity index (χ0v) is 11.1. The predicted molar refractivity (Wildman–Crippen MR) is 71.9 cm³/mol. The van der Waals surface area contributed by atoms with E-state index in [0.717, 1.165) is 26.1 Å². The van der Waals surface area contributed by atoms with E-state index in [2.05, 4.69) is 17.4 Å². The molecule has 1 aliphatic heterocycles. The largest absolute Gasteiger partial charge is 0.381 e. The van der Waals surface area contributed by atoms with Crippen LogP contribution in [0.5, 0.6) is 0 Å². The Morgan fingerprint density at radius 2 is 1.94 bits per heavy atom. The number of ether oxygens (including phenoxy) is 1. The van der Waals surface area contributed by atoms with Gasteiger partial charge in [0.25, 0.3) is 0 Å². The Labute approximate surface area is 112 Å². The fraction of sp³-hybridized carbons (Fsp3) is 0.500. The third-order valence-electron chi connectivity index (χ3n) is 3.58. The second kappa shape index (κ2) is 6.21. The topological polar surface area (TPSA) is 38.3 Å². The highest BCUT2D eigenvalue weighted by Gasteiger charge is 2.34. The highest BCUT2D eigenvalue weighted by atomic mass is 35.5. The van der Waals surface area contributed by atoms with Crippen molar-refractivity contribution in [2.24, 2.45) is 0 Å². The van der Waals surface area contributed by atoms with Crippen molar-refractivity contribution in [1.29, 1.82) is 0 Å². The summed E-state index contributed by atoms with van der Waals surface area (Å²) in [4.78, 5) is 11.4. The first kappa shape index (κ1) is 13.4. The van der Waals surface area contributed by atoms with E-state index in [1.54, 1.807) is 0 Å². The lowest BCUT2D eigenvalue weighted by atomic mass is 9.74. The van der Waals surface area contributed by atoms with Crippen LogP contribution in [0.2, 0.25) is 0 Å². The SMILES string of the molecule is O=C(CCl)NCC1(c2ccccc2)CCOCC1. The van der Waals surface area contributed by atoms with Crippen LogP contribution in [0.4, 0.5) is 0 Å². The molecule has 0 bridgehead atoms. The van der Waals surface area contributed by atoms with Crippen molar-refractivity contribution in [2.45, 2.75) is 18.3 Å². The molecule has 0 spiro atoms. The molecule has 0 aliphatic carbocycles. The zero-order valence-electron chi connectivity index (χ0n) is 10.3. The molecule has 98 valence electrons. The van der Waals surface area contributed by atoms with Crippen molar-refractivity contribution >= 4 is 17.5 Å². The number of nitrogens with one attached hydrogen (secondary N) is 1. The van der Waals surface area contributed by atoms with Crippen LogP contribution >= 0.6 is 11.6 Å². The average Bonchev–Trinajstić information content (AvgIpc) is 2.46. The minimum Gasteiger partial charge on any atom is -0.381 e. The second-order valence-corrected chi connectivity index (χ2v) is 4.94. The van der Waals surface area contributed by atoms with Gasteiger partial charge in [-0.15, -0.1) is 11.6 Å². The van der Waals surface area contributed by atoms with Crippen LogP contribution in [-0.4, -0.2) is 31.5 Å². The van der Waals surface area contributed by atoms with E-state index in [9.17, 15) is 4.79 Å². The van der Waals surface area contributed by atoms with Crippen LogP contribution in [0.15, 0.2) is 30.3 Å². The lowest BCUT2D eigenvalue weighted by molar-refractivity contribution is -0.119. The fourth-order valence-electron chi connectivity index (χ4n) is 2.44. The highest BCUT2D eigenvalue weighted by molar-refractivity contribution is 6.27. The molecule has 0 saturated carbocycles. The summed E-state index contributed by atoms with van der Waals surface area (Å²) >= 11 is 5.52. The number of rotatable bonds is 4. The van der Waals surface area contributed by atoms with Crippen LogP contribution in [0.3, 0.4) is 0 Å². The molecule has 1 N–H and O–H groups in total. The molecule has 0 radical (unpaired) electrons. The molecule has 1 fully saturated rings. The van der Waals surface area contributed by atoms with E-state index in [1.807, 2.05) is 18.2 Å². The monoisotopic (exact) mass is 267 g/mol. The van der Waals surface area contributed by atoms with Crippen LogP contribution in [0.25, 0.3) is 0 Å². The van der Waals surface area contributed by atoms with Crippen LogP contribution in [0.1, 0.15) is 18.4 Å². The summed E-state index contributed by atoms with van der Waals surface area (Å²) in [5.74, 6) is -0.0973. The van der Waals surface area contributed by atoms with Crippen molar-refractivity contribution in [2.75, 3.05) is 25.6 Å². The van der Waals surface area contributed by atoms with Crippen molar-refractivity contribution < 1.29 is 9.53 Å². The molecule has 3 nitrogen and oxygen atoms in total. The number of benzene rings is 1. The third-order valence-corrected chi connectivity index (χ3v) is 3.82. The van der Waals surface area contributed by atoms with Gasteiger partial charge in [0.1, 0.15) is 5.88 Å². The summed E-state index contributed by atoms with van der Waals surface area (Å²) in [7, 11) is 0. The number of amides is 1. The molecule has 0 atom stereocenters. The Morgan fingerprint density at radius 1 is 1.28 bits per heavy atom. The molecule has 1 saturated heterocycles. The average molecular weight is 268 g/mol. The smallest absolute Gasteiger partial charge is 0.234 e. The van der Waals surface area contributed by atoms with E-state index in [1.165, 1.54) is 5.56 Å². The Hall–Kier alpha value is -1.06. The Balaban J connectivity index is 2.15. The van der Waals surface area contributed by atoms with Crippen LogP contribution < -0.4 is 5.32 Å². The summed E-state index contributed by atoms with van der Waals surface area (Å²) < 4.78 is 5.44.